The number of ether oxygens (including phenoxy) is 2. The molecule has 0 atom stereocenters. The van der Waals surface area contributed by atoms with Gasteiger partial charge in [-0.25, -0.2) is 0 Å². The third-order valence-corrected chi connectivity index (χ3v) is 3.42. The van der Waals surface area contributed by atoms with Crippen LogP contribution in [0.1, 0.15) is 10.6 Å². The quantitative estimate of drug-likeness (QED) is 0.889. The van der Waals surface area contributed by atoms with E-state index in [1.165, 1.54) is 0 Å². The SMILES string of the molecule is O=C(Nc1cc2c(cc1Cl)OCCO2)c1ccc(Br)o1. The molecule has 0 radical (unpaired) electrons. The van der Waals surface area contributed by atoms with Gasteiger partial charge in [-0.05, 0) is 28.1 Å². The zero-order valence-electron chi connectivity index (χ0n) is 10.1. The topological polar surface area (TPSA) is 60.7 Å². The summed E-state index contributed by atoms with van der Waals surface area (Å²) in [5.74, 6) is 0.911. The molecule has 1 amide bonds. The van der Waals surface area contributed by atoms with Gasteiger partial charge in [0.25, 0.3) is 5.91 Å². The van der Waals surface area contributed by atoms with Crippen molar-refractivity contribution in [1.29, 1.82) is 0 Å². The maximum atomic E-state index is 12.0. The van der Waals surface area contributed by atoms with Crippen LogP contribution in [0, 0.1) is 0 Å². The number of rotatable bonds is 2. The second-order valence-corrected chi connectivity index (χ2v) is 5.22. The normalized spacial score (nSPS) is 13.1. The Morgan fingerprint density at radius 3 is 2.55 bits per heavy atom. The average Bonchev–Trinajstić information content (AvgIpc) is 2.86. The van der Waals surface area contributed by atoms with E-state index in [0.717, 1.165) is 0 Å². The van der Waals surface area contributed by atoms with Crippen LogP contribution in [0.2, 0.25) is 5.02 Å². The number of carbonyl (C=O) groups excluding carboxylic acids is 1. The molecular formula is C13H9BrClNO4. The number of furan rings is 1. The molecule has 1 aliphatic heterocycles. The summed E-state index contributed by atoms with van der Waals surface area (Å²) in [6, 6.07) is 6.45. The number of anilines is 1. The van der Waals surface area contributed by atoms with Crippen molar-refractivity contribution in [3.8, 4) is 11.5 Å². The molecule has 0 saturated carbocycles. The van der Waals surface area contributed by atoms with Crippen molar-refractivity contribution in [1.82, 2.24) is 0 Å². The van der Waals surface area contributed by atoms with Crippen LogP contribution in [0.3, 0.4) is 0 Å². The maximum Gasteiger partial charge on any atom is 0.291 e. The Morgan fingerprint density at radius 1 is 1.20 bits per heavy atom. The smallest absolute Gasteiger partial charge is 0.291 e. The van der Waals surface area contributed by atoms with Gasteiger partial charge in [0.1, 0.15) is 13.2 Å². The average molecular weight is 359 g/mol. The van der Waals surface area contributed by atoms with Crippen molar-refractivity contribution in [2.24, 2.45) is 0 Å². The minimum Gasteiger partial charge on any atom is -0.486 e. The van der Waals surface area contributed by atoms with Crippen molar-refractivity contribution >= 4 is 39.1 Å². The maximum absolute atomic E-state index is 12.0. The Balaban J connectivity index is 1.85. The standard InChI is InChI=1S/C13H9BrClNO4/c14-12-2-1-9(20-12)13(17)16-8-6-11-10(5-7(8)15)18-3-4-19-11/h1-2,5-6H,3-4H2,(H,16,17). The van der Waals surface area contributed by atoms with Crippen LogP contribution >= 0.6 is 27.5 Å². The van der Waals surface area contributed by atoms with E-state index in [4.69, 9.17) is 25.5 Å². The lowest BCUT2D eigenvalue weighted by molar-refractivity contribution is 0.0995. The molecule has 2 aromatic rings. The van der Waals surface area contributed by atoms with Crippen molar-refractivity contribution < 1.29 is 18.7 Å². The predicted molar refractivity (Wildman–Crippen MR) is 76.8 cm³/mol. The van der Waals surface area contributed by atoms with Crippen LogP contribution in [0.5, 0.6) is 11.5 Å². The molecule has 7 heteroatoms. The molecule has 0 aliphatic carbocycles. The lowest BCUT2D eigenvalue weighted by Crippen LogP contribution is -2.16. The number of benzene rings is 1. The summed E-state index contributed by atoms with van der Waals surface area (Å²) in [5, 5.41) is 3.04. The molecule has 0 fully saturated rings. The summed E-state index contributed by atoms with van der Waals surface area (Å²) in [7, 11) is 0. The minimum atomic E-state index is -0.394. The first-order valence-corrected chi connectivity index (χ1v) is 6.96. The first kappa shape index (κ1) is 13.3. The zero-order valence-corrected chi connectivity index (χ0v) is 12.5. The molecule has 1 aromatic carbocycles. The van der Waals surface area contributed by atoms with Gasteiger partial charge in [-0.1, -0.05) is 11.6 Å². The molecule has 0 saturated heterocycles. The van der Waals surface area contributed by atoms with E-state index in [9.17, 15) is 4.79 Å². The van der Waals surface area contributed by atoms with Crippen molar-refractivity contribution in [3.63, 3.8) is 0 Å². The van der Waals surface area contributed by atoms with Crippen LogP contribution in [0.15, 0.2) is 33.4 Å². The Bertz CT molecular complexity index is 670. The molecule has 0 unspecified atom stereocenters. The number of hydrogen-bond acceptors (Lipinski definition) is 4. The van der Waals surface area contributed by atoms with Gasteiger partial charge < -0.3 is 19.2 Å². The third kappa shape index (κ3) is 2.62. The number of nitrogens with one attached hydrogen (secondary N) is 1. The molecule has 0 bridgehead atoms. The van der Waals surface area contributed by atoms with Gasteiger partial charge in [-0.3, -0.25) is 4.79 Å². The molecule has 2 heterocycles. The summed E-state index contributed by atoms with van der Waals surface area (Å²) < 4.78 is 16.5. The summed E-state index contributed by atoms with van der Waals surface area (Å²) in [4.78, 5) is 12.0. The number of fused-ring (bicyclic) bond motifs is 1. The molecule has 5 nitrogen and oxygen atoms in total. The lowest BCUT2D eigenvalue weighted by atomic mass is 10.2. The number of carbonyl (C=O) groups is 1. The van der Waals surface area contributed by atoms with Crippen molar-refractivity contribution in [2.75, 3.05) is 18.5 Å². The minimum absolute atomic E-state index is 0.183. The lowest BCUT2D eigenvalue weighted by Gasteiger charge is -2.19. The van der Waals surface area contributed by atoms with E-state index in [0.29, 0.717) is 40.1 Å². The van der Waals surface area contributed by atoms with E-state index in [1.807, 2.05) is 0 Å². The van der Waals surface area contributed by atoms with Gasteiger partial charge in [0, 0.05) is 12.1 Å². The van der Waals surface area contributed by atoms with E-state index in [1.54, 1.807) is 24.3 Å². The van der Waals surface area contributed by atoms with E-state index in [-0.39, 0.29) is 5.76 Å². The van der Waals surface area contributed by atoms with Gasteiger partial charge in [0.2, 0.25) is 0 Å². The Morgan fingerprint density at radius 2 is 1.90 bits per heavy atom. The van der Waals surface area contributed by atoms with Crippen molar-refractivity contribution in [3.05, 3.63) is 39.7 Å². The van der Waals surface area contributed by atoms with Crippen LogP contribution in [0.4, 0.5) is 5.69 Å². The molecule has 104 valence electrons. The van der Waals surface area contributed by atoms with Crippen LogP contribution in [-0.2, 0) is 0 Å². The van der Waals surface area contributed by atoms with Gasteiger partial charge in [-0.2, -0.15) is 0 Å². The summed E-state index contributed by atoms with van der Waals surface area (Å²) in [5.41, 5.74) is 0.438. The number of halogens is 2. The van der Waals surface area contributed by atoms with E-state index >= 15 is 0 Å². The summed E-state index contributed by atoms with van der Waals surface area (Å²) in [6.07, 6.45) is 0. The van der Waals surface area contributed by atoms with Gasteiger partial charge in [0.05, 0.1) is 10.7 Å². The zero-order chi connectivity index (χ0) is 14.1. The van der Waals surface area contributed by atoms with E-state index < -0.39 is 5.91 Å². The molecule has 0 spiro atoms. The number of hydrogen-bond donors (Lipinski definition) is 1. The molecule has 1 N–H and O–H groups in total. The highest BCUT2D eigenvalue weighted by Gasteiger charge is 2.18. The molecular weight excluding hydrogens is 350 g/mol. The fourth-order valence-electron chi connectivity index (χ4n) is 1.78. The first-order valence-electron chi connectivity index (χ1n) is 5.79. The largest absolute Gasteiger partial charge is 0.486 e. The fourth-order valence-corrected chi connectivity index (χ4v) is 2.29. The fraction of sp³-hybridized carbons (Fsp3) is 0.154. The van der Waals surface area contributed by atoms with Crippen LogP contribution in [-0.4, -0.2) is 19.1 Å². The van der Waals surface area contributed by atoms with Gasteiger partial charge in [-0.15, -0.1) is 0 Å². The van der Waals surface area contributed by atoms with Crippen LogP contribution < -0.4 is 14.8 Å². The highest BCUT2D eigenvalue weighted by Crippen LogP contribution is 2.38. The van der Waals surface area contributed by atoms with Gasteiger partial charge >= 0.3 is 0 Å². The summed E-state index contributed by atoms with van der Waals surface area (Å²) in [6.45, 7) is 0.947. The second-order valence-electron chi connectivity index (χ2n) is 4.03. The molecule has 3 rings (SSSR count). The second kappa shape index (κ2) is 5.38. The predicted octanol–water partition coefficient (Wildman–Crippen LogP) is 3.72. The van der Waals surface area contributed by atoms with Gasteiger partial charge in [0.15, 0.2) is 21.9 Å². The Hall–Kier alpha value is -1.66. The molecule has 1 aromatic heterocycles. The first-order chi connectivity index (χ1) is 9.63. The third-order valence-electron chi connectivity index (χ3n) is 2.68. The van der Waals surface area contributed by atoms with Crippen molar-refractivity contribution in [2.45, 2.75) is 0 Å². The Kier molecular flexibility index (Phi) is 3.58. The highest BCUT2D eigenvalue weighted by molar-refractivity contribution is 9.10. The monoisotopic (exact) mass is 357 g/mol. The highest BCUT2D eigenvalue weighted by atomic mass is 79.9. The van der Waals surface area contributed by atoms with E-state index in [2.05, 4.69) is 21.2 Å². The van der Waals surface area contributed by atoms with Crippen LogP contribution in [0.25, 0.3) is 0 Å². The summed E-state index contributed by atoms with van der Waals surface area (Å²) >= 11 is 9.25. The molecule has 1 aliphatic rings. The number of amides is 1. The molecule has 20 heavy (non-hydrogen) atoms. The Labute approximate surface area is 127 Å².